The highest BCUT2D eigenvalue weighted by molar-refractivity contribution is 5.93. The van der Waals surface area contributed by atoms with Gasteiger partial charge >= 0.3 is 5.97 Å². The van der Waals surface area contributed by atoms with Crippen LogP contribution in [0.5, 0.6) is 0 Å². The van der Waals surface area contributed by atoms with Gasteiger partial charge in [-0.15, -0.1) is 0 Å². The minimum absolute atomic E-state index is 0.197. The number of carbonyl (C=O) groups is 1. The summed E-state index contributed by atoms with van der Waals surface area (Å²) in [5, 5.41) is 9.20. The maximum atomic E-state index is 11.2. The van der Waals surface area contributed by atoms with Gasteiger partial charge in [-0.2, -0.15) is 0 Å². The highest BCUT2D eigenvalue weighted by Gasteiger charge is 2.16. The maximum absolute atomic E-state index is 11.2. The lowest BCUT2D eigenvalue weighted by molar-refractivity contribution is 0.0697. The fourth-order valence-electron chi connectivity index (χ4n) is 1.84. The molecule has 0 spiro atoms. The summed E-state index contributed by atoms with van der Waals surface area (Å²) in [6.07, 6.45) is 3.57. The van der Waals surface area contributed by atoms with E-state index in [-0.39, 0.29) is 5.56 Å². The predicted octanol–water partition coefficient (Wildman–Crippen LogP) is 1.46. The number of pyridine rings is 1. The first-order valence-electron chi connectivity index (χ1n) is 5.87. The molecule has 0 aromatic carbocycles. The Morgan fingerprint density at radius 2 is 2.21 bits per heavy atom. The molecule has 0 atom stereocenters. The third kappa shape index (κ3) is 2.73. The Morgan fingerprint density at radius 1 is 1.47 bits per heavy atom. The van der Waals surface area contributed by atoms with Crippen molar-refractivity contribution in [1.82, 2.24) is 14.5 Å². The smallest absolute Gasteiger partial charge is 0.339 e. The van der Waals surface area contributed by atoms with Crippen molar-refractivity contribution in [2.75, 3.05) is 11.9 Å². The zero-order valence-corrected chi connectivity index (χ0v) is 11.2. The van der Waals surface area contributed by atoms with Gasteiger partial charge in [-0.25, -0.2) is 14.8 Å². The fourth-order valence-corrected chi connectivity index (χ4v) is 1.84. The summed E-state index contributed by atoms with van der Waals surface area (Å²) < 4.78 is 1.90. The Bertz CT molecular complexity index is 606. The number of anilines is 1. The van der Waals surface area contributed by atoms with Crippen molar-refractivity contribution in [3.05, 3.63) is 41.6 Å². The summed E-state index contributed by atoms with van der Waals surface area (Å²) >= 11 is 0. The van der Waals surface area contributed by atoms with Crippen molar-refractivity contribution in [2.24, 2.45) is 7.05 Å². The number of carboxylic acid groups (broad SMARTS) is 1. The molecule has 0 saturated carbocycles. The first-order chi connectivity index (χ1) is 8.99. The number of aromatic carboxylic acids is 1. The molecule has 0 amide bonds. The van der Waals surface area contributed by atoms with Gasteiger partial charge in [0.15, 0.2) is 0 Å². The molecule has 0 radical (unpaired) electrons. The van der Waals surface area contributed by atoms with Crippen LogP contribution in [0, 0.1) is 6.92 Å². The highest BCUT2D eigenvalue weighted by Crippen LogP contribution is 2.19. The summed E-state index contributed by atoms with van der Waals surface area (Å²) in [5.74, 6) is 0.326. The molecular formula is C13H16N4O2. The highest BCUT2D eigenvalue weighted by atomic mass is 16.4. The lowest BCUT2D eigenvalue weighted by atomic mass is 10.2. The average molecular weight is 260 g/mol. The van der Waals surface area contributed by atoms with E-state index in [0.29, 0.717) is 12.4 Å². The number of nitrogens with zero attached hydrogens (tertiary/aromatic N) is 4. The summed E-state index contributed by atoms with van der Waals surface area (Å²) in [7, 11) is 3.71. The summed E-state index contributed by atoms with van der Waals surface area (Å²) in [6.45, 7) is 2.34. The maximum Gasteiger partial charge on any atom is 0.339 e. The van der Waals surface area contributed by atoms with E-state index in [4.69, 9.17) is 0 Å². The molecule has 100 valence electrons. The molecule has 6 heteroatoms. The van der Waals surface area contributed by atoms with E-state index in [1.54, 1.807) is 23.2 Å². The van der Waals surface area contributed by atoms with E-state index in [9.17, 15) is 9.90 Å². The normalized spacial score (nSPS) is 10.5. The van der Waals surface area contributed by atoms with Crippen LogP contribution in [0.25, 0.3) is 0 Å². The van der Waals surface area contributed by atoms with E-state index in [0.717, 1.165) is 11.5 Å². The van der Waals surface area contributed by atoms with Crippen molar-refractivity contribution < 1.29 is 9.90 Å². The van der Waals surface area contributed by atoms with Crippen LogP contribution in [0.2, 0.25) is 0 Å². The largest absolute Gasteiger partial charge is 0.478 e. The standard InChI is InChI=1S/C13H16N4O2/c1-9-4-5-10(13(18)19)12(15-9)17(3)8-11-14-6-7-16(11)2/h4-7H,8H2,1-3H3,(H,18,19). The van der Waals surface area contributed by atoms with E-state index in [1.165, 1.54) is 0 Å². The number of imidazole rings is 1. The van der Waals surface area contributed by atoms with Crippen LogP contribution in [0.3, 0.4) is 0 Å². The second kappa shape index (κ2) is 5.09. The monoisotopic (exact) mass is 260 g/mol. The average Bonchev–Trinajstić information content (AvgIpc) is 2.74. The fraction of sp³-hybridized carbons (Fsp3) is 0.308. The molecule has 19 heavy (non-hydrogen) atoms. The minimum atomic E-state index is -0.978. The third-order valence-electron chi connectivity index (χ3n) is 2.91. The molecule has 2 aromatic rings. The van der Waals surface area contributed by atoms with Gasteiger partial charge in [0.25, 0.3) is 0 Å². The molecule has 0 aliphatic heterocycles. The van der Waals surface area contributed by atoms with E-state index >= 15 is 0 Å². The molecule has 1 N–H and O–H groups in total. The number of rotatable bonds is 4. The molecule has 2 aromatic heterocycles. The van der Waals surface area contributed by atoms with Crippen molar-refractivity contribution in [1.29, 1.82) is 0 Å². The van der Waals surface area contributed by atoms with Gasteiger partial charge < -0.3 is 14.6 Å². The van der Waals surface area contributed by atoms with Gasteiger partial charge in [0.2, 0.25) is 0 Å². The molecule has 0 fully saturated rings. The van der Waals surface area contributed by atoms with Crippen molar-refractivity contribution >= 4 is 11.8 Å². The predicted molar refractivity (Wildman–Crippen MR) is 71.2 cm³/mol. The minimum Gasteiger partial charge on any atom is -0.478 e. The van der Waals surface area contributed by atoms with E-state index < -0.39 is 5.97 Å². The Hall–Kier alpha value is -2.37. The van der Waals surface area contributed by atoms with Gasteiger partial charge in [0.05, 0.1) is 6.54 Å². The van der Waals surface area contributed by atoms with Gasteiger partial charge in [0.1, 0.15) is 17.2 Å². The van der Waals surface area contributed by atoms with Gasteiger partial charge in [-0.1, -0.05) is 0 Å². The van der Waals surface area contributed by atoms with Crippen LogP contribution in [0.4, 0.5) is 5.82 Å². The Labute approximate surface area is 111 Å². The first-order valence-corrected chi connectivity index (χ1v) is 5.87. The second-order valence-corrected chi connectivity index (χ2v) is 4.44. The first kappa shape index (κ1) is 13.1. The summed E-state index contributed by atoms with van der Waals surface area (Å²) in [5.41, 5.74) is 0.981. The third-order valence-corrected chi connectivity index (χ3v) is 2.91. The van der Waals surface area contributed by atoms with Crippen LogP contribution in [0.1, 0.15) is 21.9 Å². The lowest BCUT2D eigenvalue weighted by Gasteiger charge is -2.20. The Kier molecular flexibility index (Phi) is 3.50. The molecule has 0 unspecified atom stereocenters. The molecule has 0 saturated heterocycles. The SMILES string of the molecule is Cc1ccc(C(=O)O)c(N(C)Cc2nccn2C)n1. The molecule has 6 nitrogen and oxygen atoms in total. The van der Waals surface area contributed by atoms with Crippen LogP contribution >= 0.6 is 0 Å². The van der Waals surface area contributed by atoms with E-state index in [1.807, 2.05) is 31.8 Å². The van der Waals surface area contributed by atoms with Gasteiger partial charge in [-0.3, -0.25) is 0 Å². The molecule has 0 aliphatic carbocycles. The molecule has 0 bridgehead atoms. The van der Waals surface area contributed by atoms with Gasteiger partial charge in [0, 0.05) is 32.2 Å². The number of carboxylic acids is 1. The summed E-state index contributed by atoms with van der Waals surface area (Å²) in [6, 6.07) is 3.27. The molecular weight excluding hydrogens is 244 g/mol. The zero-order valence-electron chi connectivity index (χ0n) is 11.2. The lowest BCUT2D eigenvalue weighted by Crippen LogP contribution is -2.23. The van der Waals surface area contributed by atoms with Crippen LogP contribution in [-0.2, 0) is 13.6 Å². The Morgan fingerprint density at radius 3 is 2.79 bits per heavy atom. The second-order valence-electron chi connectivity index (χ2n) is 4.44. The molecule has 2 heterocycles. The van der Waals surface area contributed by atoms with Crippen molar-refractivity contribution in [3.63, 3.8) is 0 Å². The molecule has 2 rings (SSSR count). The summed E-state index contributed by atoms with van der Waals surface area (Å²) in [4.78, 5) is 21.5. The van der Waals surface area contributed by atoms with Crippen LogP contribution in [0.15, 0.2) is 24.5 Å². The van der Waals surface area contributed by atoms with Gasteiger partial charge in [-0.05, 0) is 19.1 Å². The van der Waals surface area contributed by atoms with Crippen molar-refractivity contribution in [2.45, 2.75) is 13.5 Å². The van der Waals surface area contributed by atoms with Crippen molar-refractivity contribution in [3.8, 4) is 0 Å². The Balaban J connectivity index is 2.32. The quantitative estimate of drug-likeness (QED) is 0.901. The van der Waals surface area contributed by atoms with Crippen LogP contribution in [-0.4, -0.2) is 32.7 Å². The number of aryl methyl sites for hydroxylation is 2. The zero-order chi connectivity index (χ0) is 14.0. The van der Waals surface area contributed by atoms with E-state index in [2.05, 4.69) is 9.97 Å². The number of hydrogen-bond donors (Lipinski definition) is 1. The number of aromatic nitrogens is 3. The topological polar surface area (TPSA) is 71.2 Å². The number of hydrogen-bond acceptors (Lipinski definition) is 4. The van der Waals surface area contributed by atoms with Crippen LogP contribution < -0.4 is 4.90 Å². The molecule has 0 aliphatic rings.